The van der Waals surface area contributed by atoms with Crippen molar-refractivity contribution in [2.75, 3.05) is 26.7 Å². The maximum Gasteiger partial charge on any atom is 0.225 e. The summed E-state index contributed by atoms with van der Waals surface area (Å²) in [5.41, 5.74) is 6.44. The summed E-state index contributed by atoms with van der Waals surface area (Å²) in [5, 5.41) is 0. The van der Waals surface area contributed by atoms with Crippen molar-refractivity contribution >= 4 is 5.91 Å². The monoisotopic (exact) mass is 296 g/mol. The lowest BCUT2D eigenvalue weighted by Gasteiger charge is -2.24. The van der Waals surface area contributed by atoms with Gasteiger partial charge in [0.05, 0.1) is 12.5 Å². The molecule has 0 radical (unpaired) electrons. The molecular formula is C16H25FN2O2. The Hall–Kier alpha value is -1.46. The van der Waals surface area contributed by atoms with E-state index in [4.69, 9.17) is 10.5 Å². The first kappa shape index (κ1) is 17.6. The molecule has 0 heterocycles. The van der Waals surface area contributed by atoms with E-state index < -0.39 is 0 Å². The smallest absolute Gasteiger partial charge is 0.225 e. The minimum Gasteiger partial charge on any atom is -0.380 e. The van der Waals surface area contributed by atoms with Crippen LogP contribution in [-0.2, 0) is 16.0 Å². The van der Waals surface area contributed by atoms with E-state index in [0.717, 1.165) is 12.0 Å². The molecule has 0 aliphatic carbocycles. The van der Waals surface area contributed by atoms with Gasteiger partial charge >= 0.3 is 0 Å². The van der Waals surface area contributed by atoms with Gasteiger partial charge in [-0.1, -0.05) is 19.1 Å². The Kier molecular flexibility index (Phi) is 7.93. The van der Waals surface area contributed by atoms with Gasteiger partial charge in [-0.15, -0.1) is 0 Å². The van der Waals surface area contributed by atoms with Crippen LogP contribution >= 0.6 is 0 Å². The Morgan fingerprint density at radius 3 is 2.76 bits per heavy atom. The summed E-state index contributed by atoms with van der Waals surface area (Å²) >= 11 is 0. The second-order valence-corrected chi connectivity index (χ2v) is 5.06. The number of amides is 1. The van der Waals surface area contributed by atoms with Crippen LogP contribution in [0.15, 0.2) is 24.3 Å². The van der Waals surface area contributed by atoms with E-state index >= 15 is 0 Å². The van der Waals surface area contributed by atoms with Gasteiger partial charge in [0.15, 0.2) is 0 Å². The van der Waals surface area contributed by atoms with Gasteiger partial charge in [0, 0.05) is 26.7 Å². The highest BCUT2D eigenvalue weighted by Crippen LogP contribution is 2.08. The van der Waals surface area contributed by atoms with Crippen molar-refractivity contribution in [3.8, 4) is 0 Å². The molecular weight excluding hydrogens is 271 g/mol. The van der Waals surface area contributed by atoms with E-state index in [1.165, 1.54) is 12.1 Å². The molecule has 0 aliphatic heterocycles. The number of nitrogens with zero attached hydrogens (tertiary/aromatic N) is 1. The molecule has 0 saturated carbocycles. The van der Waals surface area contributed by atoms with E-state index in [1.54, 1.807) is 18.1 Å². The highest BCUT2D eigenvalue weighted by atomic mass is 19.1. The number of hydrogen-bond donors (Lipinski definition) is 1. The number of carbonyl (C=O) groups is 1. The largest absolute Gasteiger partial charge is 0.380 e. The van der Waals surface area contributed by atoms with Gasteiger partial charge in [0.2, 0.25) is 5.91 Å². The lowest BCUT2D eigenvalue weighted by molar-refractivity contribution is -0.133. The summed E-state index contributed by atoms with van der Waals surface area (Å²) in [6.45, 7) is 3.62. The molecule has 0 saturated heterocycles. The number of rotatable bonds is 9. The fraction of sp³-hybridized carbons (Fsp3) is 0.562. The van der Waals surface area contributed by atoms with Crippen molar-refractivity contribution in [3.05, 3.63) is 35.6 Å². The minimum absolute atomic E-state index is 0.0329. The maximum absolute atomic E-state index is 13.2. The molecule has 0 bridgehead atoms. The highest BCUT2D eigenvalue weighted by Gasteiger charge is 2.17. The quantitative estimate of drug-likeness (QED) is 0.758. The molecule has 1 aromatic carbocycles. The Morgan fingerprint density at radius 2 is 2.19 bits per heavy atom. The highest BCUT2D eigenvalue weighted by molar-refractivity contribution is 5.76. The molecule has 5 heteroatoms. The lowest BCUT2D eigenvalue weighted by atomic mass is 10.1. The number of benzene rings is 1. The average molecular weight is 296 g/mol. The third-order valence-electron chi connectivity index (χ3n) is 3.40. The topological polar surface area (TPSA) is 55.6 Å². The molecule has 21 heavy (non-hydrogen) atoms. The zero-order valence-corrected chi connectivity index (χ0v) is 12.8. The van der Waals surface area contributed by atoms with Crippen LogP contribution in [0.5, 0.6) is 0 Å². The van der Waals surface area contributed by atoms with Crippen LogP contribution in [-0.4, -0.2) is 43.7 Å². The zero-order chi connectivity index (χ0) is 15.7. The first-order valence-corrected chi connectivity index (χ1v) is 7.35. The van der Waals surface area contributed by atoms with Gasteiger partial charge in [-0.25, -0.2) is 4.39 Å². The predicted molar refractivity (Wildman–Crippen MR) is 81.4 cm³/mol. The number of hydrogen-bond acceptors (Lipinski definition) is 3. The van der Waals surface area contributed by atoms with E-state index in [0.29, 0.717) is 26.1 Å². The van der Waals surface area contributed by atoms with Crippen LogP contribution in [0.3, 0.4) is 0 Å². The maximum atomic E-state index is 13.2. The number of carbonyl (C=O) groups excluding carboxylic acids is 1. The van der Waals surface area contributed by atoms with Crippen molar-refractivity contribution in [3.63, 3.8) is 0 Å². The number of halogens is 1. The lowest BCUT2D eigenvalue weighted by Crippen LogP contribution is -2.37. The fourth-order valence-electron chi connectivity index (χ4n) is 2.17. The Labute approximate surface area is 126 Å². The van der Waals surface area contributed by atoms with Gasteiger partial charge in [-0.3, -0.25) is 4.79 Å². The summed E-state index contributed by atoms with van der Waals surface area (Å²) in [5.74, 6) is -0.214. The Bertz CT molecular complexity index is 436. The fourth-order valence-corrected chi connectivity index (χ4v) is 2.17. The van der Waals surface area contributed by atoms with E-state index in [2.05, 4.69) is 0 Å². The normalized spacial score (nSPS) is 12.2. The second-order valence-electron chi connectivity index (χ2n) is 5.06. The SMILES string of the molecule is CCCN(CCc1cccc(F)c1)C(=O)CC(CN)OC. The van der Waals surface area contributed by atoms with Crippen molar-refractivity contribution in [2.45, 2.75) is 32.3 Å². The molecule has 4 nitrogen and oxygen atoms in total. The molecule has 0 aliphatic rings. The van der Waals surface area contributed by atoms with E-state index in [-0.39, 0.29) is 24.2 Å². The molecule has 1 rings (SSSR count). The van der Waals surface area contributed by atoms with Gasteiger partial charge in [0.1, 0.15) is 5.82 Å². The van der Waals surface area contributed by atoms with Crippen LogP contribution in [0.2, 0.25) is 0 Å². The first-order chi connectivity index (χ1) is 10.1. The van der Waals surface area contributed by atoms with Gasteiger partial charge in [-0.2, -0.15) is 0 Å². The summed E-state index contributed by atoms with van der Waals surface area (Å²) in [6.07, 6.45) is 1.57. The Morgan fingerprint density at radius 1 is 1.43 bits per heavy atom. The first-order valence-electron chi connectivity index (χ1n) is 7.35. The molecule has 2 N–H and O–H groups in total. The van der Waals surface area contributed by atoms with E-state index in [9.17, 15) is 9.18 Å². The van der Waals surface area contributed by atoms with Crippen LogP contribution < -0.4 is 5.73 Å². The third-order valence-corrected chi connectivity index (χ3v) is 3.40. The molecule has 118 valence electrons. The van der Waals surface area contributed by atoms with Gasteiger partial charge in [0.25, 0.3) is 0 Å². The molecule has 1 aromatic rings. The summed E-state index contributed by atoms with van der Waals surface area (Å²) in [4.78, 5) is 14.1. The third kappa shape index (κ3) is 6.23. The van der Waals surface area contributed by atoms with Crippen molar-refractivity contribution in [2.24, 2.45) is 5.73 Å². The van der Waals surface area contributed by atoms with Crippen LogP contribution in [0.4, 0.5) is 4.39 Å². The summed E-state index contributed by atoms with van der Waals surface area (Å²) in [6, 6.07) is 6.48. The second kappa shape index (κ2) is 9.47. The number of ether oxygens (including phenoxy) is 1. The summed E-state index contributed by atoms with van der Waals surface area (Å²) < 4.78 is 18.3. The summed E-state index contributed by atoms with van der Waals surface area (Å²) in [7, 11) is 1.56. The van der Waals surface area contributed by atoms with Crippen molar-refractivity contribution < 1.29 is 13.9 Å². The minimum atomic E-state index is -0.247. The molecule has 1 amide bonds. The van der Waals surface area contributed by atoms with E-state index in [1.807, 2.05) is 13.0 Å². The number of nitrogens with two attached hydrogens (primary N) is 1. The van der Waals surface area contributed by atoms with Crippen molar-refractivity contribution in [1.82, 2.24) is 4.90 Å². The average Bonchev–Trinajstić information content (AvgIpc) is 2.48. The number of methoxy groups -OCH3 is 1. The molecule has 0 spiro atoms. The van der Waals surface area contributed by atoms with Crippen molar-refractivity contribution in [1.29, 1.82) is 0 Å². The van der Waals surface area contributed by atoms with Crippen LogP contribution in [0.1, 0.15) is 25.3 Å². The molecule has 1 atom stereocenters. The van der Waals surface area contributed by atoms with Gasteiger partial charge < -0.3 is 15.4 Å². The van der Waals surface area contributed by atoms with Crippen LogP contribution in [0.25, 0.3) is 0 Å². The van der Waals surface area contributed by atoms with Gasteiger partial charge in [-0.05, 0) is 30.5 Å². The Balaban J connectivity index is 2.58. The van der Waals surface area contributed by atoms with Crippen LogP contribution in [0, 0.1) is 5.82 Å². The molecule has 0 fully saturated rings. The molecule has 1 unspecified atom stereocenters. The standard InChI is InChI=1S/C16H25FN2O2/c1-3-8-19(16(20)11-15(12-18)21-2)9-7-13-5-4-6-14(17)10-13/h4-6,10,15H,3,7-9,11-12,18H2,1-2H3. The predicted octanol–water partition coefficient (Wildman–Crippen LogP) is 1.97. The zero-order valence-electron chi connectivity index (χ0n) is 12.8. The molecule has 0 aromatic heterocycles.